The number of piperidine rings is 1. The van der Waals surface area contributed by atoms with E-state index in [4.69, 9.17) is 0 Å². The first-order chi connectivity index (χ1) is 7.67. The second-order valence-corrected chi connectivity index (χ2v) is 4.87. The standard InChI is InChI=1S/C13H26N2O.ClH/c1-4-13(5-2,6-3)15-12(16)11-8-7-9-14-10-11;/h11,14H,4-10H2,1-3H3,(H,15,16);1H. The fourth-order valence-corrected chi connectivity index (χ4v) is 2.45. The highest BCUT2D eigenvalue weighted by Gasteiger charge is 2.29. The Hall–Kier alpha value is -0.280. The average molecular weight is 263 g/mol. The van der Waals surface area contributed by atoms with Crippen molar-refractivity contribution in [2.75, 3.05) is 13.1 Å². The van der Waals surface area contributed by atoms with E-state index in [1.54, 1.807) is 0 Å². The van der Waals surface area contributed by atoms with Gasteiger partial charge in [0.05, 0.1) is 5.92 Å². The van der Waals surface area contributed by atoms with Gasteiger partial charge in [-0.2, -0.15) is 0 Å². The molecule has 1 atom stereocenters. The highest BCUT2D eigenvalue weighted by Crippen LogP contribution is 2.21. The average Bonchev–Trinajstić information content (AvgIpc) is 2.37. The summed E-state index contributed by atoms with van der Waals surface area (Å²) in [6.45, 7) is 8.38. The van der Waals surface area contributed by atoms with Crippen molar-refractivity contribution < 1.29 is 4.79 Å². The molecular weight excluding hydrogens is 236 g/mol. The van der Waals surface area contributed by atoms with Crippen LogP contribution in [0.15, 0.2) is 0 Å². The van der Waals surface area contributed by atoms with E-state index in [1.165, 1.54) is 0 Å². The van der Waals surface area contributed by atoms with Crippen molar-refractivity contribution in [1.82, 2.24) is 10.6 Å². The van der Waals surface area contributed by atoms with Crippen LogP contribution < -0.4 is 10.6 Å². The van der Waals surface area contributed by atoms with Crippen LogP contribution in [0.1, 0.15) is 52.9 Å². The third-order valence-corrected chi connectivity index (χ3v) is 4.09. The van der Waals surface area contributed by atoms with E-state index >= 15 is 0 Å². The Morgan fingerprint density at radius 3 is 2.29 bits per heavy atom. The molecule has 1 rings (SSSR count). The second kappa shape index (κ2) is 7.93. The van der Waals surface area contributed by atoms with Gasteiger partial charge in [0, 0.05) is 12.1 Å². The molecule has 0 aromatic carbocycles. The number of carbonyl (C=O) groups excluding carboxylic acids is 1. The van der Waals surface area contributed by atoms with Crippen LogP contribution in [0.2, 0.25) is 0 Å². The topological polar surface area (TPSA) is 41.1 Å². The molecule has 0 spiro atoms. The van der Waals surface area contributed by atoms with Crippen molar-refractivity contribution in [2.24, 2.45) is 5.92 Å². The minimum absolute atomic E-state index is 0. The first-order valence-corrected chi connectivity index (χ1v) is 6.70. The number of amides is 1. The molecule has 1 aliphatic heterocycles. The van der Waals surface area contributed by atoms with Gasteiger partial charge in [0.15, 0.2) is 0 Å². The Labute approximate surface area is 112 Å². The summed E-state index contributed by atoms with van der Waals surface area (Å²) >= 11 is 0. The molecule has 0 aliphatic carbocycles. The number of carbonyl (C=O) groups is 1. The minimum atomic E-state index is 0. The van der Waals surface area contributed by atoms with E-state index in [0.717, 1.165) is 45.2 Å². The maximum Gasteiger partial charge on any atom is 0.224 e. The molecule has 1 amide bonds. The Morgan fingerprint density at radius 2 is 1.88 bits per heavy atom. The molecule has 2 N–H and O–H groups in total. The van der Waals surface area contributed by atoms with Gasteiger partial charge < -0.3 is 10.6 Å². The molecule has 1 unspecified atom stereocenters. The molecule has 0 bridgehead atoms. The van der Waals surface area contributed by atoms with E-state index in [-0.39, 0.29) is 29.8 Å². The first kappa shape index (κ1) is 16.7. The number of hydrogen-bond donors (Lipinski definition) is 2. The Balaban J connectivity index is 0.00000256. The highest BCUT2D eigenvalue weighted by atomic mass is 35.5. The summed E-state index contributed by atoms with van der Waals surface area (Å²) in [5.41, 5.74) is 0.0224. The molecule has 0 aromatic heterocycles. The zero-order valence-electron chi connectivity index (χ0n) is 11.3. The van der Waals surface area contributed by atoms with E-state index < -0.39 is 0 Å². The van der Waals surface area contributed by atoms with Crippen LogP contribution in [0.25, 0.3) is 0 Å². The fourth-order valence-electron chi connectivity index (χ4n) is 2.45. The lowest BCUT2D eigenvalue weighted by Crippen LogP contribution is -2.51. The molecule has 102 valence electrons. The molecule has 0 aromatic rings. The molecule has 1 fully saturated rings. The van der Waals surface area contributed by atoms with Gasteiger partial charge in [0.2, 0.25) is 5.91 Å². The van der Waals surface area contributed by atoms with Crippen LogP contribution in [0.4, 0.5) is 0 Å². The Morgan fingerprint density at radius 1 is 1.29 bits per heavy atom. The van der Waals surface area contributed by atoms with Crippen molar-refractivity contribution >= 4 is 18.3 Å². The minimum Gasteiger partial charge on any atom is -0.350 e. The number of rotatable bonds is 5. The van der Waals surface area contributed by atoms with Crippen molar-refractivity contribution in [3.8, 4) is 0 Å². The smallest absolute Gasteiger partial charge is 0.224 e. The zero-order chi connectivity index (χ0) is 12.0. The van der Waals surface area contributed by atoms with Crippen LogP contribution in [0.5, 0.6) is 0 Å². The quantitative estimate of drug-likeness (QED) is 0.799. The summed E-state index contributed by atoms with van der Waals surface area (Å²) < 4.78 is 0. The number of nitrogens with one attached hydrogen (secondary N) is 2. The van der Waals surface area contributed by atoms with Crippen molar-refractivity contribution in [3.05, 3.63) is 0 Å². The molecular formula is C13H27ClN2O. The van der Waals surface area contributed by atoms with E-state index in [0.29, 0.717) is 0 Å². The predicted octanol–water partition coefficient (Wildman–Crippen LogP) is 2.49. The lowest BCUT2D eigenvalue weighted by Gasteiger charge is -2.34. The van der Waals surface area contributed by atoms with Crippen LogP contribution >= 0.6 is 12.4 Å². The number of hydrogen-bond acceptors (Lipinski definition) is 2. The first-order valence-electron chi connectivity index (χ1n) is 6.70. The van der Waals surface area contributed by atoms with E-state index in [1.807, 2.05) is 0 Å². The van der Waals surface area contributed by atoms with E-state index in [9.17, 15) is 4.79 Å². The summed E-state index contributed by atoms with van der Waals surface area (Å²) in [6, 6.07) is 0. The van der Waals surface area contributed by atoms with Gasteiger partial charge in [-0.3, -0.25) is 4.79 Å². The van der Waals surface area contributed by atoms with Crippen LogP contribution in [0, 0.1) is 5.92 Å². The Bertz CT molecular complexity index is 215. The van der Waals surface area contributed by atoms with Gasteiger partial charge in [-0.05, 0) is 38.6 Å². The summed E-state index contributed by atoms with van der Waals surface area (Å²) in [5.74, 6) is 0.426. The molecule has 1 heterocycles. The van der Waals surface area contributed by atoms with Crippen LogP contribution in [-0.2, 0) is 4.79 Å². The predicted molar refractivity (Wildman–Crippen MR) is 74.6 cm³/mol. The number of halogens is 1. The normalized spacial score (nSPS) is 20.5. The molecule has 0 saturated carbocycles. The molecule has 3 nitrogen and oxygen atoms in total. The molecule has 4 heteroatoms. The van der Waals surface area contributed by atoms with Gasteiger partial charge in [0.25, 0.3) is 0 Å². The lowest BCUT2D eigenvalue weighted by atomic mass is 9.88. The molecule has 0 radical (unpaired) electrons. The van der Waals surface area contributed by atoms with Gasteiger partial charge >= 0.3 is 0 Å². The zero-order valence-corrected chi connectivity index (χ0v) is 12.2. The molecule has 17 heavy (non-hydrogen) atoms. The van der Waals surface area contributed by atoms with Gasteiger partial charge in [-0.25, -0.2) is 0 Å². The van der Waals surface area contributed by atoms with Crippen LogP contribution in [-0.4, -0.2) is 24.5 Å². The van der Waals surface area contributed by atoms with Gasteiger partial charge in [-0.15, -0.1) is 12.4 Å². The Kier molecular flexibility index (Phi) is 7.80. The fraction of sp³-hybridized carbons (Fsp3) is 0.923. The SMILES string of the molecule is CCC(CC)(CC)NC(=O)C1CCCNC1.Cl. The third-order valence-electron chi connectivity index (χ3n) is 4.09. The second-order valence-electron chi connectivity index (χ2n) is 4.87. The summed E-state index contributed by atoms with van der Waals surface area (Å²) in [4.78, 5) is 12.1. The van der Waals surface area contributed by atoms with Gasteiger partial charge in [-0.1, -0.05) is 20.8 Å². The third kappa shape index (κ3) is 4.47. The molecule has 1 saturated heterocycles. The van der Waals surface area contributed by atoms with Crippen LogP contribution in [0.3, 0.4) is 0 Å². The van der Waals surface area contributed by atoms with Gasteiger partial charge in [0.1, 0.15) is 0 Å². The highest BCUT2D eigenvalue weighted by molar-refractivity contribution is 5.85. The molecule has 1 aliphatic rings. The summed E-state index contributed by atoms with van der Waals surface area (Å²) in [5, 5.41) is 6.57. The largest absolute Gasteiger partial charge is 0.350 e. The van der Waals surface area contributed by atoms with Crippen molar-refractivity contribution in [1.29, 1.82) is 0 Å². The van der Waals surface area contributed by atoms with Crippen molar-refractivity contribution in [2.45, 2.75) is 58.4 Å². The maximum atomic E-state index is 12.1. The summed E-state index contributed by atoms with van der Waals surface area (Å²) in [7, 11) is 0. The maximum absolute atomic E-state index is 12.1. The lowest BCUT2D eigenvalue weighted by molar-refractivity contribution is -0.127. The van der Waals surface area contributed by atoms with E-state index in [2.05, 4.69) is 31.4 Å². The summed E-state index contributed by atoms with van der Waals surface area (Å²) in [6.07, 6.45) is 5.21. The monoisotopic (exact) mass is 262 g/mol. The van der Waals surface area contributed by atoms with Crippen molar-refractivity contribution in [3.63, 3.8) is 0 Å².